The second kappa shape index (κ2) is 10.9. The summed E-state index contributed by atoms with van der Waals surface area (Å²) in [6.07, 6.45) is -4.92. The minimum absolute atomic E-state index is 0.00637. The molecule has 0 amide bonds. The highest BCUT2D eigenvalue weighted by Crippen LogP contribution is 2.44. The highest BCUT2D eigenvalue weighted by molar-refractivity contribution is 7.91. The van der Waals surface area contributed by atoms with Crippen molar-refractivity contribution in [1.82, 2.24) is 9.97 Å². The second-order valence-corrected chi connectivity index (χ2v) is 10.0. The Labute approximate surface area is 216 Å². The molecule has 0 fully saturated rings. The van der Waals surface area contributed by atoms with Crippen LogP contribution in [-0.2, 0) is 11.2 Å². The Hall–Kier alpha value is -2.50. The molecule has 4 aromatic rings. The molecule has 0 saturated carbocycles. The van der Waals surface area contributed by atoms with E-state index in [1.807, 2.05) is 0 Å². The maximum atomic E-state index is 12.9. The number of hydrogen-bond acceptors (Lipinski definition) is 4. The number of para-hydroxylation sites is 1. The molecule has 0 radical (unpaired) electrons. The van der Waals surface area contributed by atoms with Crippen LogP contribution >= 0.6 is 23.2 Å². The number of aromatic amines is 1. The van der Waals surface area contributed by atoms with Gasteiger partial charge in [-0.1, -0.05) is 53.5 Å². The first-order chi connectivity index (χ1) is 17.1. The molecule has 5 nitrogen and oxygen atoms in total. The predicted octanol–water partition coefficient (Wildman–Crippen LogP) is 6.64. The molecule has 0 aliphatic heterocycles. The first-order valence-electron chi connectivity index (χ1n) is 10.5. The maximum Gasteiger partial charge on any atom is 0.573 e. The predicted molar refractivity (Wildman–Crippen MR) is 131 cm³/mol. The number of nitrogens with zero attached hydrogens (tertiary/aromatic N) is 1. The lowest BCUT2D eigenvalue weighted by atomic mass is 9.99. The van der Waals surface area contributed by atoms with E-state index in [-0.39, 0.29) is 39.0 Å². The molecular weight excluding hydrogens is 543 g/mol. The lowest BCUT2D eigenvalue weighted by Crippen LogP contribution is -2.17. The zero-order chi connectivity index (χ0) is 26.0. The van der Waals surface area contributed by atoms with Crippen LogP contribution in [-0.4, -0.2) is 45.0 Å². The number of fused-ring (bicyclic) bond motifs is 1. The van der Waals surface area contributed by atoms with Crippen molar-refractivity contribution in [1.29, 1.82) is 0 Å². The molecule has 36 heavy (non-hydrogen) atoms. The highest BCUT2D eigenvalue weighted by Gasteiger charge is 2.33. The number of benzene rings is 3. The fourth-order valence-corrected chi connectivity index (χ4v) is 5.30. The number of ether oxygens (including phenoxy) is 1. The van der Waals surface area contributed by atoms with Crippen molar-refractivity contribution < 1.29 is 32.0 Å². The molecule has 190 valence electrons. The van der Waals surface area contributed by atoms with Crippen LogP contribution in [0, 0.1) is 0 Å². The Morgan fingerprint density at radius 2 is 1.81 bits per heavy atom. The van der Waals surface area contributed by atoms with Crippen LogP contribution in [0.3, 0.4) is 0 Å². The number of aliphatic hydroxyl groups excluding tert-OH is 1. The monoisotopic (exact) mass is 560 g/mol. The van der Waals surface area contributed by atoms with E-state index in [2.05, 4.69) is 14.7 Å². The van der Waals surface area contributed by atoms with Crippen molar-refractivity contribution in [2.24, 2.45) is 0 Å². The maximum absolute atomic E-state index is 12.9. The van der Waals surface area contributed by atoms with Crippen LogP contribution in [0.5, 0.6) is 5.75 Å². The van der Waals surface area contributed by atoms with Gasteiger partial charge in [0, 0.05) is 11.1 Å². The number of alkyl halides is 4. The quantitative estimate of drug-likeness (QED) is 0.187. The third-order valence-corrected chi connectivity index (χ3v) is 7.38. The third-order valence-electron chi connectivity index (χ3n) is 5.39. The molecule has 2 N–H and O–H groups in total. The van der Waals surface area contributed by atoms with Gasteiger partial charge in [0.1, 0.15) is 29.5 Å². The van der Waals surface area contributed by atoms with E-state index >= 15 is 0 Å². The van der Waals surface area contributed by atoms with Gasteiger partial charge in [-0.3, -0.25) is 0 Å². The highest BCUT2D eigenvalue weighted by atomic mass is 35.5. The van der Waals surface area contributed by atoms with E-state index in [1.165, 1.54) is 24.3 Å². The summed E-state index contributed by atoms with van der Waals surface area (Å²) in [6.45, 7) is -1.04. The van der Waals surface area contributed by atoms with Crippen LogP contribution in [0.4, 0.5) is 17.6 Å². The van der Waals surface area contributed by atoms with Gasteiger partial charge < -0.3 is 19.4 Å². The smallest absolute Gasteiger partial charge is 0.573 e. The molecule has 0 spiro atoms. The van der Waals surface area contributed by atoms with Crippen molar-refractivity contribution in [2.45, 2.75) is 17.2 Å². The normalized spacial score (nSPS) is 13.7. The lowest BCUT2D eigenvalue weighted by molar-refractivity contribution is -0.274. The molecule has 0 saturated heterocycles. The van der Waals surface area contributed by atoms with Crippen molar-refractivity contribution in [3.05, 3.63) is 76.0 Å². The van der Waals surface area contributed by atoms with Crippen molar-refractivity contribution in [2.75, 3.05) is 19.0 Å². The molecule has 2 atom stereocenters. The average molecular weight is 561 g/mol. The summed E-state index contributed by atoms with van der Waals surface area (Å²) in [5.74, 6) is -0.868. The molecule has 2 unspecified atom stereocenters. The van der Waals surface area contributed by atoms with Gasteiger partial charge in [-0.2, -0.15) is 0 Å². The molecule has 1 aromatic heterocycles. The second-order valence-electron chi connectivity index (χ2n) is 7.65. The van der Waals surface area contributed by atoms with Crippen LogP contribution < -0.4 is 4.74 Å². The first-order valence-corrected chi connectivity index (χ1v) is 12.6. The summed E-state index contributed by atoms with van der Waals surface area (Å²) in [4.78, 5) is 8.01. The van der Waals surface area contributed by atoms with Gasteiger partial charge in [-0.15, -0.1) is 13.2 Å². The topological polar surface area (TPSA) is 81.2 Å². The zero-order valence-corrected chi connectivity index (χ0v) is 20.6. The Morgan fingerprint density at radius 1 is 1.11 bits per heavy atom. The Bertz CT molecular complexity index is 1370. The molecule has 0 aliphatic carbocycles. The van der Waals surface area contributed by atoms with E-state index in [9.17, 15) is 27.2 Å². The molecule has 0 bridgehead atoms. The summed E-state index contributed by atoms with van der Waals surface area (Å²) < 4.78 is 67.4. The van der Waals surface area contributed by atoms with Crippen molar-refractivity contribution >= 4 is 45.4 Å². The van der Waals surface area contributed by atoms with Crippen LogP contribution in [0.2, 0.25) is 10.0 Å². The molecule has 12 heteroatoms. The van der Waals surface area contributed by atoms with E-state index < -0.39 is 35.9 Å². The number of rotatable bonds is 8. The molecule has 4 rings (SSSR count). The number of imidazole rings is 1. The molecular formula is C24H18Cl2F4N2O3S. The van der Waals surface area contributed by atoms with Gasteiger partial charge in [0.15, 0.2) is 4.90 Å². The minimum Gasteiger partial charge on any atom is -0.611 e. The fourth-order valence-electron chi connectivity index (χ4n) is 3.79. The Morgan fingerprint density at radius 3 is 2.44 bits per heavy atom. The van der Waals surface area contributed by atoms with Gasteiger partial charge >= 0.3 is 6.36 Å². The van der Waals surface area contributed by atoms with Gasteiger partial charge in [0.25, 0.3) is 0 Å². The van der Waals surface area contributed by atoms with Gasteiger partial charge in [-0.05, 0) is 41.0 Å². The number of hydrogen-bond donors (Lipinski definition) is 2. The molecule has 3 aromatic carbocycles. The third kappa shape index (κ3) is 5.57. The first kappa shape index (κ1) is 26.6. The number of halogens is 6. The van der Waals surface area contributed by atoms with Crippen LogP contribution in [0.1, 0.15) is 17.3 Å². The summed E-state index contributed by atoms with van der Waals surface area (Å²) in [5, 5.41) is 10.1. The summed E-state index contributed by atoms with van der Waals surface area (Å²) in [6, 6.07) is 13.4. The average Bonchev–Trinajstić information content (AvgIpc) is 3.24. The number of aromatic nitrogens is 2. The largest absolute Gasteiger partial charge is 0.611 e. The molecule has 1 heterocycles. The van der Waals surface area contributed by atoms with Crippen molar-refractivity contribution in [3.8, 4) is 16.9 Å². The van der Waals surface area contributed by atoms with Gasteiger partial charge in [-0.25, -0.2) is 9.37 Å². The molecule has 0 aliphatic rings. The van der Waals surface area contributed by atoms with Crippen molar-refractivity contribution in [3.63, 3.8) is 0 Å². The SMILES string of the molecule is [O-][S+](CCF)c1ccc(C(CO)c2nc3c(Cl)c(-c4ccccc4OC(F)(F)F)c(Cl)cc3[nH]2)cc1. The summed E-state index contributed by atoms with van der Waals surface area (Å²) in [5.41, 5.74) is 1.45. The van der Waals surface area contributed by atoms with E-state index in [1.54, 1.807) is 24.3 Å². The Kier molecular flexibility index (Phi) is 8.01. The van der Waals surface area contributed by atoms with Crippen LogP contribution in [0.15, 0.2) is 59.5 Å². The van der Waals surface area contributed by atoms with Gasteiger partial charge in [0.2, 0.25) is 0 Å². The zero-order valence-electron chi connectivity index (χ0n) is 18.3. The van der Waals surface area contributed by atoms with E-state index in [0.29, 0.717) is 21.8 Å². The van der Waals surface area contributed by atoms with Crippen LogP contribution in [0.25, 0.3) is 22.2 Å². The number of nitrogens with one attached hydrogen (secondary N) is 1. The minimum atomic E-state index is -4.92. The lowest BCUT2D eigenvalue weighted by Gasteiger charge is -2.15. The fraction of sp³-hybridized carbons (Fsp3) is 0.208. The Balaban J connectivity index is 1.75. The number of H-pyrrole nitrogens is 1. The summed E-state index contributed by atoms with van der Waals surface area (Å²) >= 11 is 11.5. The standard InChI is InChI=1S/C24H18Cl2F4N2O3S/c25-17-11-18-22(21(26)20(17)15-3-1-2-4-19(15)35-24(28,29)30)32-23(31-18)16(12-33)13-5-7-14(8-6-13)36(34)10-9-27/h1-8,11,16,33H,9-10,12H2,(H,31,32). The van der Waals surface area contributed by atoms with E-state index in [0.717, 1.165) is 6.07 Å². The number of aliphatic hydroxyl groups is 1. The van der Waals surface area contributed by atoms with Gasteiger partial charge in [0.05, 0.1) is 28.1 Å². The summed E-state index contributed by atoms with van der Waals surface area (Å²) in [7, 11) is 0. The van der Waals surface area contributed by atoms with E-state index in [4.69, 9.17) is 23.2 Å².